The SMILES string of the molecule is CSc1nc(C)c(C)c(N2C3CC2CN(c2nccc(C)n2)C3)n1. The number of hydrogen-bond acceptors (Lipinski definition) is 7. The van der Waals surface area contributed by atoms with E-state index < -0.39 is 0 Å². The Morgan fingerprint density at radius 2 is 1.83 bits per heavy atom. The van der Waals surface area contributed by atoms with Gasteiger partial charge in [-0.1, -0.05) is 11.8 Å². The molecule has 2 aromatic heterocycles. The van der Waals surface area contributed by atoms with E-state index in [0.717, 1.165) is 41.4 Å². The summed E-state index contributed by atoms with van der Waals surface area (Å²) in [5, 5.41) is 0.858. The van der Waals surface area contributed by atoms with Gasteiger partial charge in [-0.2, -0.15) is 0 Å². The molecule has 24 heavy (non-hydrogen) atoms. The summed E-state index contributed by atoms with van der Waals surface area (Å²) in [4.78, 5) is 23.2. The van der Waals surface area contributed by atoms with Gasteiger partial charge in [-0.3, -0.25) is 0 Å². The summed E-state index contributed by atoms with van der Waals surface area (Å²) in [6.07, 6.45) is 5.10. The average molecular weight is 342 g/mol. The number of fused-ring (bicyclic) bond motifs is 2. The number of hydrogen-bond donors (Lipinski definition) is 0. The first-order valence-electron chi connectivity index (χ1n) is 8.29. The highest BCUT2D eigenvalue weighted by molar-refractivity contribution is 7.98. The maximum Gasteiger partial charge on any atom is 0.225 e. The maximum absolute atomic E-state index is 4.80. The van der Waals surface area contributed by atoms with Gasteiger partial charge in [-0.25, -0.2) is 19.9 Å². The first-order valence-corrected chi connectivity index (χ1v) is 9.51. The zero-order valence-corrected chi connectivity index (χ0v) is 15.3. The number of aryl methyl sites for hydroxylation is 2. The molecule has 2 atom stereocenters. The fraction of sp³-hybridized carbons (Fsp3) is 0.529. The molecule has 5 heterocycles. The predicted octanol–water partition coefficient (Wildman–Crippen LogP) is 2.38. The number of anilines is 2. The normalized spacial score (nSPS) is 22.5. The van der Waals surface area contributed by atoms with Crippen molar-refractivity contribution in [1.82, 2.24) is 19.9 Å². The van der Waals surface area contributed by atoms with Crippen LogP contribution in [0.25, 0.3) is 0 Å². The van der Waals surface area contributed by atoms with E-state index in [1.807, 2.05) is 25.4 Å². The van der Waals surface area contributed by atoms with Crippen LogP contribution in [-0.2, 0) is 0 Å². The van der Waals surface area contributed by atoms with Gasteiger partial charge >= 0.3 is 0 Å². The Bertz CT molecular complexity index is 768. The standard InChI is InChI=1S/C17H22N6S/c1-10-5-6-18-16(19-10)22-8-13-7-14(9-22)23(13)15-11(2)12(3)20-17(21-15)24-4/h5-6,13-14H,7-9H2,1-4H3. The highest BCUT2D eigenvalue weighted by Gasteiger charge is 2.46. The van der Waals surface area contributed by atoms with E-state index in [1.54, 1.807) is 11.8 Å². The highest BCUT2D eigenvalue weighted by atomic mass is 32.2. The van der Waals surface area contributed by atoms with Crippen LogP contribution >= 0.6 is 11.8 Å². The Kier molecular flexibility index (Phi) is 3.83. The number of nitrogens with zero attached hydrogens (tertiary/aromatic N) is 6. The monoisotopic (exact) mass is 342 g/mol. The molecule has 0 N–H and O–H groups in total. The minimum Gasteiger partial charge on any atom is -0.347 e. The highest BCUT2D eigenvalue weighted by Crippen LogP contribution is 2.39. The molecule has 126 valence electrons. The van der Waals surface area contributed by atoms with E-state index in [0.29, 0.717) is 12.1 Å². The van der Waals surface area contributed by atoms with Crippen LogP contribution in [0.5, 0.6) is 0 Å². The Morgan fingerprint density at radius 3 is 2.50 bits per heavy atom. The fourth-order valence-electron chi connectivity index (χ4n) is 3.64. The molecule has 0 spiro atoms. The van der Waals surface area contributed by atoms with Crippen molar-refractivity contribution in [1.29, 1.82) is 0 Å². The van der Waals surface area contributed by atoms with E-state index >= 15 is 0 Å². The molecule has 2 unspecified atom stereocenters. The van der Waals surface area contributed by atoms with E-state index in [9.17, 15) is 0 Å². The van der Waals surface area contributed by atoms with Crippen molar-refractivity contribution < 1.29 is 0 Å². The van der Waals surface area contributed by atoms with Gasteiger partial charge in [-0.15, -0.1) is 0 Å². The van der Waals surface area contributed by atoms with Gasteiger partial charge in [-0.05, 0) is 39.5 Å². The van der Waals surface area contributed by atoms with Gasteiger partial charge in [0, 0.05) is 36.2 Å². The molecular weight excluding hydrogens is 320 g/mol. The van der Waals surface area contributed by atoms with Crippen LogP contribution in [0.3, 0.4) is 0 Å². The van der Waals surface area contributed by atoms with E-state index in [1.165, 1.54) is 12.0 Å². The summed E-state index contributed by atoms with van der Waals surface area (Å²) < 4.78 is 0. The van der Waals surface area contributed by atoms with Crippen molar-refractivity contribution in [3.8, 4) is 0 Å². The zero-order valence-electron chi connectivity index (χ0n) is 14.5. The third kappa shape index (κ3) is 2.51. The van der Waals surface area contributed by atoms with Crippen LogP contribution in [0.15, 0.2) is 17.4 Å². The van der Waals surface area contributed by atoms with Crippen molar-refractivity contribution >= 4 is 23.5 Å². The second-order valence-electron chi connectivity index (χ2n) is 6.60. The molecule has 3 aliphatic rings. The summed E-state index contributed by atoms with van der Waals surface area (Å²) in [5.41, 5.74) is 3.29. The topological polar surface area (TPSA) is 58.0 Å². The third-order valence-electron chi connectivity index (χ3n) is 5.03. The summed E-state index contributed by atoms with van der Waals surface area (Å²) in [6, 6.07) is 2.91. The van der Waals surface area contributed by atoms with Crippen molar-refractivity contribution in [2.45, 2.75) is 44.4 Å². The number of thioether (sulfide) groups is 1. The Morgan fingerprint density at radius 1 is 1.08 bits per heavy atom. The predicted molar refractivity (Wildman–Crippen MR) is 96.9 cm³/mol. The molecule has 7 heteroatoms. The van der Waals surface area contributed by atoms with Crippen LogP contribution in [0, 0.1) is 20.8 Å². The van der Waals surface area contributed by atoms with Crippen LogP contribution in [0.1, 0.15) is 23.4 Å². The zero-order chi connectivity index (χ0) is 16.8. The van der Waals surface area contributed by atoms with Crippen LogP contribution in [-0.4, -0.2) is 51.4 Å². The minimum absolute atomic E-state index is 0.482. The molecule has 3 aliphatic heterocycles. The molecule has 3 fully saturated rings. The minimum atomic E-state index is 0.482. The van der Waals surface area contributed by atoms with E-state index in [2.05, 4.69) is 38.6 Å². The molecule has 0 saturated carbocycles. The number of piperidine rings is 1. The first-order chi connectivity index (χ1) is 11.6. The Hall–Kier alpha value is -1.89. The number of aromatic nitrogens is 4. The molecule has 0 radical (unpaired) electrons. The third-order valence-corrected chi connectivity index (χ3v) is 5.58. The smallest absolute Gasteiger partial charge is 0.225 e. The first kappa shape index (κ1) is 15.6. The van der Waals surface area contributed by atoms with E-state index in [-0.39, 0.29) is 0 Å². The second kappa shape index (κ2) is 5.88. The largest absolute Gasteiger partial charge is 0.347 e. The molecule has 5 rings (SSSR count). The van der Waals surface area contributed by atoms with Crippen LogP contribution < -0.4 is 9.80 Å². The molecule has 2 bridgehead atoms. The Balaban J connectivity index is 1.59. The molecule has 3 saturated heterocycles. The average Bonchev–Trinajstić information content (AvgIpc) is 2.58. The van der Waals surface area contributed by atoms with Crippen LogP contribution in [0.2, 0.25) is 0 Å². The van der Waals surface area contributed by atoms with Crippen molar-refractivity contribution in [3.63, 3.8) is 0 Å². The van der Waals surface area contributed by atoms with Crippen molar-refractivity contribution in [2.24, 2.45) is 0 Å². The van der Waals surface area contributed by atoms with Gasteiger partial charge in [0.2, 0.25) is 5.95 Å². The lowest BCUT2D eigenvalue weighted by atomic mass is 9.87. The van der Waals surface area contributed by atoms with Crippen LogP contribution in [0.4, 0.5) is 11.8 Å². The quantitative estimate of drug-likeness (QED) is 0.627. The molecule has 0 aromatic carbocycles. The lowest BCUT2D eigenvalue weighted by Gasteiger charge is -2.57. The summed E-state index contributed by atoms with van der Waals surface area (Å²) in [5.74, 6) is 1.96. The lowest BCUT2D eigenvalue weighted by molar-refractivity contribution is 0.285. The molecule has 6 nitrogen and oxygen atoms in total. The van der Waals surface area contributed by atoms with E-state index in [4.69, 9.17) is 4.98 Å². The van der Waals surface area contributed by atoms with Gasteiger partial charge in [0.15, 0.2) is 5.16 Å². The molecule has 0 aliphatic carbocycles. The van der Waals surface area contributed by atoms with Gasteiger partial charge in [0.25, 0.3) is 0 Å². The van der Waals surface area contributed by atoms with Gasteiger partial charge < -0.3 is 9.80 Å². The van der Waals surface area contributed by atoms with Crippen molar-refractivity contribution in [3.05, 3.63) is 29.2 Å². The number of piperazine rings is 1. The summed E-state index contributed by atoms with van der Waals surface area (Å²) in [6.45, 7) is 8.13. The maximum atomic E-state index is 4.80. The summed E-state index contributed by atoms with van der Waals surface area (Å²) in [7, 11) is 0. The lowest BCUT2D eigenvalue weighted by Crippen LogP contribution is -2.69. The van der Waals surface area contributed by atoms with Crippen molar-refractivity contribution in [2.75, 3.05) is 29.1 Å². The van der Waals surface area contributed by atoms with Gasteiger partial charge in [0.1, 0.15) is 5.82 Å². The molecular formula is C17H22N6S. The second-order valence-corrected chi connectivity index (χ2v) is 7.37. The summed E-state index contributed by atoms with van der Waals surface area (Å²) >= 11 is 1.61. The molecule has 2 aromatic rings. The fourth-order valence-corrected chi connectivity index (χ4v) is 4.04. The number of rotatable bonds is 3. The Labute approximate surface area is 146 Å². The van der Waals surface area contributed by atoms with Gasteiger partial charge in [0.05, 0.1) is 12.1 Å². The molecule has 0 amide bonds.